The second-order valence-corrected chi connectivity index (χ2v) is 5.92. The van der Waals surface area contributed by atoms with Crippen LogP contribution in [0.2, 0.25) is 10.0 Å². The molecular formula is C14H13Cl2F3N2O. The summed E-state index contributed by atoms with van der Waals surface area (Å²) in [5, 5.41) is 10.8. The van der Waals surface area contributed by atoms with Gasteiger partial charge in [0.2, 0.25) is 5.60 Å². The molecule has 2 aromatic rings. The molecule has 3 nitrogen and oxygen atoms in total. The predicted octanol–water partition coefficient (Wildman–Crippen LogP) is 4.28. The molecule has 2 atom stereocenters. The molecule has 1 heterocycles. The molecule has 0 aliphatic carbocycles. The van der Waals surface area contributed by atoms with Gasteiger partial charge in [-0.15, -0.1) is 0 Å². The monoisotopic (exact) mass is 352 g/mol. The number of benzene rings is 1. The highest BCUT2D eigenvalue weighted by Gasteiger charge is 2.60. The van der Waals surface area contributed by atoms with Gasteiger partial charge in [0.1, 0.15) is 0 Å². The summed E-state index contributed by atoms with van der Waals surface area (Å²) >= 11 is 11.7. The Morgan fingerprint density at radius 2 is 1.91 bits per heavy atom. The molecule has 8 heteroatoms. The smallest absolute Gasteiger partial charge is 0.375 e. The quantitative estimate of drug-likeness (QED) is 0.895. The first-order chi connectivity index (χ1) is 10.1. The molecule has 1 aromatic carbocycles. The maximum absolute atomic E-state index is 13.6. The Balaban J connectivity index is 2.59. The third-order valence-electron chi connectivity index (χ3n) is 3.58. The zero-order chi connectivity index (χ0) is 16.7. The van der Waals surface area contributed by atoms with E-state index >= 15 is 0 Å². The average molecular weight is 353 g/mol. The van der Waals surface area contributed by atoms with Crippen molar-refractivity contribution in [3.05, 3.63) is 52.0 Å². The first-order valence-corrected chi connectivity index (χ1v) is 7.05. The SMILES string of the molecule is CC(c1ccc(Cl)cc1Cl)C(O)(c1cn(C)cn1)C(F)(F)F. The molecule has 1 N–H and O–H groups in total. The summed E-state index contributed by atoms with van der Waals surface area (Å²) in [6.45, 7) is 1.25. The van der Waals surface area contributed by atoms with Crippen LogP contribution >= 0.6 is 23.2 Å². The van der Waals surface area contributed by atoms with E-state index in [9.17, 15) is 18.3 Å². The lowest BCUT2D eigenvalue weighted by atomic mass is 9.80. The molecule has 0 radical (unpaired) electrons. The van der Waals surface area contributed by atoms with E-state index in [1.807, 2.05) is 0 Å². The van der Waals surface area contributed by atoms with Gasteiger partial charge in [-0.1, -0.05) is 36.2 Å². The summed E-state index contributed by atoms with van der Waals surface area (Å²) in [5.74, 6) is -1.37. The highest BCUT2D eigenvalue weighted by molar-refractivity contribution is 6.35. The molecule has 0 aliphatic rings. The van der Waals surface area contributed by atoms with Crippen molar-refractivity contribution in [3.8, 4) is 0 Å². The van der Waals surface area contributed by atoms with Crippen molar-refractivity contribution < 1.29 is 18.3 Å². The molecule has 22 heavy (non-hydrogen) atoms. The fraction of sp³-hybridized carbons (Fsp3) is 0.357. The Kier molecular flexibility index (Phi) is 4.48. The van der Waals surface area contributed by atoms with Gasteiger partial charge in [-0.3, -0.25) is 0 Å². The number of aromatic nitrogens is 2. The van der Waals surface area contributed by atoms with Crippen LogP contribution in [0.1, 0.15) is 24.1 Å². The van der Waals surface area contributed by atoms with E-state index in [1.165, 1.54) is 43.1 Å². The summed E-state index contributed by atoms with van der Waals surface area (Å²) in [6, 6.07) is 4.13. The van der Waals surface area contributed by atoms with Gasteiger partial charge >= 0.3 is 6.18 Å². The summed E-state index contributed by atoms with van der Waals surface area (Å²) in [4.78, 5) is 3.67. The lowest BCUT2D eigenvalue weighted by Crippen LogP contribution is -2.47. The Hall–Kier alpha value is -1.24. The second kappa shape index (κ2) is 5.76. The molecule has 120 valence electrons. The van der Waals surface area contributed by atoms with Crippen molar-refractivity contribution in [1.29, 1.82) is 0 Å². The van der Waals surface area contributed by atoms with E-state index in [2.05, 4.69) is 4.98 Å². The van der Waals surface area contributed by atoms with Crippen LogP contribution in [-0.4, -0.2) is 20.8 Å². The third-order valence-corrected chi connectivity index (χ3v) is 4.15. The average Bonchev–Trinajstić information content (AvgIpc) is 2.82. The van der Waals surface area contributed by atoms with Gasteiger partial charge in [0.15, 0.2) is 0 Å². The number of hydrogen-bond donors (Lipinski definition) is 1. The molecule has 2 rings (SSSR count). The van der Waals surface area contributed by atoms with Crippen LogP contribution in [0.4, 0.5) is 13.2 Å². The van der Waals surface area contributed by atoms with Crippen molar-refractivity contribution in [2.45, 2.75) is 24.6 Å². The number of alkyl halides is 3. The van der Waals surface area contributed by atoms with E-state index in [0.717, 1.165) is 6.20 Å². The molecule has 0 amide bonds. The Morgan fingerprint density at radius 3 is 2.36 bits per heavy atom. The normalized spacial score (nSPS) is 16.4. The largest absolute Gasteiger partial charge is 0.423 e. The lowest BCUT2D eigenvalue weighted by Gasteiger charge is -2.35. The number of halogens is 5. The molecule has 0 saturated heterocycles. The summed E-state index contributed by atoms with van der Waals surface area (Å²) in [6.07, 6.45) is -2.60. The number of rotatable bonds is 3. The fourth-order valence-electron chi connectivity index (χ4n) is 2.30. The van der Waals surface area contributed by atoms with E-state index in [4.69, 9.17) is 23.2 Å². The molecule has 1 aromatic heterocycles. The number of aliphatic hydroxyl groups is 1. The molecule has 0 aliphatic heterocycles. The minimum absolute atomic E-state index is 0.0543. The summed E-state index contributed by atoms with van der Waals surface area (Å²) in [7, 11) is 1.52. The fourth-order valence-corrected chi connectivity index (χ4v) is 2.87. The highest BCUT2D eigenvalue weighted by Crippen LogP contribution is 2.49. The minimum atomic E-state index is -4.93. The van der Waals surface area contributed by atoms with Crippen molar-refractivity contribution >= 4 is 23.2 Å². The maximum atomic E-state index is 13.6. The van der Waals surface area contributed by atoms with Crippen LogP contribution in [0.3, 0.4) is 0 Å². The topological polar surface area (TPSA) is 38.0 Å². The van der Waals surface area contributed by atoms with Gasteiger partial charge in [-0.25, -0.2) is 4.98 Å². The van der Waals surface area contributed by atoms with Gasteiger partial charge in [-0.2, -0.15) is 13.2 Å². The Labute approximate surface area is 135 Å². The van der Waals surface area contributed by atoms with Gasteiger partial charge in [0.05, 0.1) is 12.0 Å². The predicted molar refractivity (Wildman–Crippen MR) is 78.0 cm³/mol. The number of nitrogens with zero attached hydrogens (tertiary/aromatic N) is 2. The minimum Gasteiger partial charge on any atom is -0.375 e. The summed E-state index contributed by atoms with van der Waals surface area (Å²) < 4.78 is 42.1. The standard InChI is InChI=1S/C14H13Cl2F3N2O/c1-8(10-4-3-9(15)5-11(10)16)13(22,14(17,18)19)12-6-21(2)7-20-12/h3-8,22H,1-2H3. The molecule has 2 unspecified atom stereocenters. The van der Waals surface area contributed by atoms with Gasteiger partial charge in [0, 0.05) is 29.2 Å². The van der Waals surface area contributed by atoms with Crippen LogP contribution in [0.5, 0.6) is 0 Å². The molecule has 0 saturated carbocycles. The van der Waals surface area contributed by atoms with Crippen molar-refractivity contribution in [1.82, 2.24) is 9.55 Å². The Bertz CT molecular complexity index is 687. The van der Waals surface area contributed by atoms with Crippen LogP contribution < -0.4 is 0 Å². The maximum Gasteiger partial charge on any atom is 0.423 e. The van der Waals surface area contributed by atoms with Crippen LogP contribution in [-0.2, 0) is 12.6 Å². The van der Waals surface area contributed by atoms with Crippen molar-refractivity contribution in [2.75, 3.05) is 0 Å². The van der Waals surface area contributed by atoms with Gasteiger partial charge in [0.25, 0.3) is 0 Å². The van der Waals surface area contributed by atoms with Crippen LogP contribution in [0.25, 0.3) is 0 Å². The number of aryl methyl sites for hydroxylation is 1. The molecule has 0 bridgehead atoms. The van der Waals surface area contributed by atoms with Gasteiger partial charge < -0.3 is 9.67 Å². The first kappa shape index (κ1) is 17.1. The highest BCUT2D eigenvalue weighted by atomic mass is 35.5. The molecule has 0 spiro atoms. The number of hydrogen-bond acceptors (Lipinski definition) is 2. The van der Waals surface area contributed by atoms with E-state index in [-0.39, 0.29) is 10.6 Å². The van der Waals surface area contributed by atoms with Crippen molar-refractivity contribution in [3.63, 3.8) is 0 Å². The zero-order valence-electron chi connectivity index (χ0n) is 11.7. The second-order valence-electron chi connectivity index (χ2n) is 5.08. The number of imidazole rings is 1. The molecule has 0 fully saturated rings. The van der Waals surface area contributed by atoms with E-state index in [1.54, 1.807) is 0 Å². The first-order valence-electron chi connectivity index (χ1n) is 6.30. The Morgan fingerprint density at radius 1 is 1.27 bits per heavy atom. The third kappa shape index (κ3) is 2.83. The van der Waals surface area contributed by atoms with Crippen LogP contribution in [0, 0.1) is 0 Å². The van der Waals surface area contributed by atoms with Gasteiger partial charge in [-0.05, 0) is 17.7 Å². The molecular weight excluding hydrogens is 340 g/mol. The van der Waals surface area contributed by atoms with Crippen LogP contribution in [0.15, 0.2) is 30.7 Å². The summed E-state index contributed by atoms with van der Waals surface area (Å²) in [5.41, 5.74) is -3.51. The zero-order valence-corrected chi connectivity index (χ0v) is 13.2. The van der Waals surface area contributed by atoms with Crippen molar-refractivity contribution in [2.24, 2.45) is 7.05 Å². The van der Waals surface area contributed by atoms with E-state index in [0.29, 0.717) is 5.02 Å². The lowest BCUT2D eigenvalue weighted by molar-refractivity contribution is -0.276. The van der Waals surface area contributed by atoms with E-state index < -0.39 is 23.4 Å².